The number of rotatable bonds is 8. The second-order valence-corrected chi connectivity index (χ2v) is 11.3. The van der Waals surface area contributed by atoms with Crippen LogP contribution in [0.25, 0.3) is 5.69 Å². The van der Waals surface area contributed by atoms with Crippen molar-refractivity contribution in [1.82, 2.24) is 14.9 Å². The summed E-state index contributed by atoms with van der Waals surface area (Å²) in [7, 11) is 1.66. The van der Waals surface area contributed by atoms with Crippen molar-refractivity contribution >= 4 is 40.5 Å². The van der Waals surface area contributed by atoms with Crippen LogP contribution in [0.1, 0.15) is 29.2 Å². The molecule has 1 aliphatic heterocycles. The summed E-state index contributed by atoms with van der Waals surface area (Å²) in [6.07, 6.45) is 1.80. The summed E-state index contributed by atoms with van der Waals surface area (Å²) in [5, 5.41) is 15.2. The van der Waals surface area contributed by atoms with Gasteiger partial charge in [0.15, 0.2) is 5.11 Å². The second kappa shape index (κ2) is 11.7. The van der Waals surface area contributed by atoms with Gasteiger partial charge in [-0.1, -0.05) is 17.8 Å². The van der Waals surface area contributed by atoms with Crippen LogP contribution in [0.2, 0.25) is 0 Å². The Balaban J connectivity index is 1.37. The zero-order valence-corrected chi connectivity index (χ0v) is 24.5. The quantitative estimate of drug-likeness (QED) is 0.113. The normalized spacial score (nSPS) is 16.3. The standard InChI is InChI=1S/C32H27N5O3S2/c1-21-6-19-29(35(21)22-7-13-25(40-2)14-8-22)31-30(28-5-3-4-20-33-28)34-32(41)36(31)23-9-15-26(16-10-23)42-27-17-11-24(12-18-27)37(38)39/h3-20,30-31H,1-2H3,(H,34,41)/t30-,31+/m1/s1. The molecule has 1 aliphatic rings. The molecular formula is C32H27N5O3S2. The molecule has 1 saturated heterocycles. The van der Waals surface area contributed by atoms with Gasteiger partial charge in [-0.15, -0.1) is 0 Å². The van der Waals surface area contributed by atoms with Gasteiger partial charge in [-0.2, -0.15) is 0 Å². The number of hydrogen-bond acceptors (Lipinski definition) is 6. The van der Waals surface area contributed by atoms with Crippen molar-refractivity contribution in [2.75, 3.05) is 12.0 Å². The van der Waals surface area contributed by atoms with Crippen LogP contribution in [-0.4, -0.2) is 26.7 Å². The molecule has 2 aromatic heterocycles. The first-order valence-corrected chi connectivity index (χ1v) is 14.5. The molecule has 6 rings (SSSR count). The molecule has 10 heteroatoms. The van der Waals surface area contributed by atoms with Gasteiger partial charge >= 0.3 is 0 Å². The van der Waals surface area contributed by atoms with E-state index in [1.54, 1.807) is 37.2 Å². The number of methoxy groups -OCH3 is 1. The molecule has 0 unspecified atom stereocenters. The number of nitrogens with one attached hydrogen (secondary N) is 1. The van der Waals surface area contributed by atoms with Crippen LogP contribution >= 0.6 is 24.0 Å². The molecule has 0 aliphatic carbocycles. The minimum Gasteiger partial charge on any atom is -0.497 e. The Labute approximate surface area is 253 Å². The number of non-ortho nitro benzene ring substituents is 1. The molecule has 8 nitrogen and oxygen atoms in total. The van der Waals surface area contributed by atoms with E-state index in [2.05, 4.69) is 63.1 Å². The van der Waals surface area contributed by atoms with Gasteiger partial charge < -0.3 is 19.5 Å². The van der Waals surface area contributed by atoms with Gasteiger partial charge in [-0.05, 0) is 104 Å². The maximum Gasteiger partial charge on any atom is 0.269 e. The molecule has 2 atom stereocenters. The van der Waals surface area contributed by atoms with Crippen LogP contribution in [0.15, 0.2) is 119 Å². The molecule has 0 spiro atoms. The van der Waals surface area contributed by atoms with Gasteiger partial charge in [0.25, 0.3) is 5.69 Å². The first kappa shape index (κ1) is 27.5. The number of ether oxygens (including phenoxy) is 1. The lowest BCUT2D eigenvalue weighted by molar-refractivity contribution is -0.384. The van der Waals surface area contributed by atoms with Crippen molar-refractivity contribution < 1.29 is 9.66 Å². The van der Waals surface area contributed by atoms with Gasteiger partial charge in [-0.3, -0.25) is 15.1 Å². The van der Waals surface area contributed by atoms with Crippen LogP contribution in [0, 0.1) is 17.0 Å². The highest BCUT2D eigenvalue weighted by molar-refractivity contribution is 7.99. The Hall–Kier alpha value is -4.67. The Morgan fingerprint density at radius 3 is 2.19 bits per heavy atom. The molecule has 1 N–H and O–H groups in total. The van der Waals surface area contributed by atoms with E-state index in [0.29, 0.717) is 5.11 Å². The molecule has 210 valence electrons. The maximum absolute atomic E-state index is 11.0. The third-order valence-electron chi connectivity index (χ3n) is 7.24. The summed E-state index contributed by atoms with van der Waals surface area (Å²) in [6, 6.07) is 32.7. The average Bonchev–Trinajstić information content (AvgIpc) is 3.57. The van der Waals surface area contributed by atoms with E-state index in [1.807, 2.05) is 42.5 Å². The Bertz CT molecular complexity index is 1720. The van der Waals surface area contributed by atoms with Crippen LogP contribution in [-0.2, 0) is 0 Å². The lowest BCUT2D eigenvalue weighted by Crippen LogP contribution is -2.30. The van der Waals surface area contributed by atoms with Gasteiger partial charge in [0.05, 0.1) is 23.8 Å². The minimum atomic E-state index is -0.391. The predicted molar refractivity (Wildman–Crippen MR) is 169 cm³/mol. The summed E-state index contributed by atoms with van der Waals surface area (Å²) >= 11 is 7.49. The van der Waals surface area contributed by atoms with Crippen LogP contribution in [0.3, 0.4) is 0 Å². The summed E-state index contributed by atoms with van der Waals surface area (Å²) < 4.78 is 7.64. The van der Waals surface area contributed by atoms with E-state index in [1.165, 1.54) is 12.1 Å². The highest BCUT2D eigenvalue weighted by atomic mass is 32.2. The molecule has 0 saturated carbocycles. The topological polar surface area (TPSA) is 85.5 Å². The lowest BCUT2D eigenvalue weighted by Gasteiger charge is -2.29. The second-order valence-electron chi connectivity index (χ2n) is 9.78. The van der Waals surface area contributed by atoms with Crippen molar-refractivity contribution in [1.29, 1.82) is 0 Å². The number of aromatic nitrogens is 2. The largest absolute Gasteiger partial charge is 0.497 e. The van der Waals surface area contributed by atoms with E-state index in [9.17, 15) is 10.1 Å². The summed E-state index contributed by atoms with van der Waals surface area (Å²) in [4.78, 5) is 19.4. The highest BCUT2D eigenvalue weighted by Gasteiger charge is 2.42. The van der Waals surface area contributed by atoms with Crippen molar-refractivity contribution in [3.8, 4) is 11.4 Å². The lowest BCUT2D eigenvalue weighted by atomic mass is 10.0. The first-order chi connectivity index (χ1) is 20.4. The third kappa shape index (κ3) is 5.34. The number of benzene rings is 3. The number of thiocarbonyl (C=S) groups is 1. The SMILES string of the molecule is COc1ccc(-n2c(C)ccc2[C@H]2[C@@H](c3ccccn3)NC(=S)N2c2ccc(Sc3ccc([N+](=O)[O-])cc3)cc2)cc1. The van der Waals surface area contributed by atoms with Gasteiger partial charge in [0.2, 0.25) is 0 Å². The fourth-order valence-corrected chi connectivity index (χ4v) is 6.42. The molecule has 5 aromatic rings. The number of aryl methyl sites for hydroxylation is 1. The maximum atomic E-state index is 11.0. The van der Waals surface area contributed by atoms with E-state index in [0.717, 1.165) is 44.0 Å². The summed E-state index contributed by atoms with van der Waals surface area (Å²) in [5.41, 5.74) is 5.13. The van der Waals surface area contributed by atoms with Crippen molar-refractivity contribution in [2.24, 2.45) is 0 Å². The Morgan fingerprint density at radius 1 is 0.905 bits per heavy atom. The number of nitrogens with zero attached hydrogens (tertiary/aromatic N) is 4. The van der Waals surface area contributed by atoms with Crippen LogP contribution < -0.4 is 15.0 Å². The molecule has 3 heterocycles. The third-order valence-corrected chi connectivity index (χ3v) is 8.57. The Kier molecular flexibility index (Phi) is 7.64. The molecule has 3 aromatic carbocycles. The first-order valence-electron chi connectivity index (χ1n) is 13.3. The highest BCUT2D eigenvalue weighted by Crippen LogP contribution is 2.43. The number of pyridine rings is 1. The van der Waals surface area contributed by atoms with Crippen molar-refractivity contribution in [3.63, 3.8) is 0 Å². The molecule has 0 radical (unpaired) electrons. The smallest absolute Gasteiger partial charge is 0.269 e. The number of nitro benzene ring substituents is 1. The summed E-state index contributed by atoms with van der Waals surface area (Å²) in [6.45, 7) is 2.10. The molecule has 0 amide bonds. The van der Waals surface area contributed by atoms with Crippen LogP contribution in [0.5, 0.6) is 5.75 Å². The van der Waals surface area contributed by atoms with Gasteiger partial charge in [-0.25, -0.2) is 0 Å². The molecule has 0 bridgehead atoms. The van der Waals surface area contributed by atoms with E-state index >= 15 is 0 Å². The van der Waals surface area contributed by atoms with E-state index in [4.69, 9.17) is 17.0 Å². The van der Waals surface area contributed by atoms with E-state index < -0.39 is 4.92 Å². The summed E-state index contributed by atoms with van der Waals surface area (Å²) in [5.74, 6) is 0.800. The van der Waals surface area contributed by atoms with Gasteiger partial charge in [0, 0.05) is 50.9 Å². The van der Waals surface area contributed by atoms with Crippen molar-refractivity contribution in [3.05, 3.63) is 137 Å². The minimum absolute atomic E-state index is 0.0767. The number of hydrogen-bond donors (Lipinski definition) is 1. The van der Waals surface area contributed by atoms with E-state index in [-0.39, 0.29) is 17.8 Å². The zero-order valence-electron chi connectivity index (χ0n) is 22.9. The number of nitro groups is 1. The van der Waals surface area contributed by atoms with Crippen molar-refractivity contribution in [2.45, 2.75) is 28.8 Å². The molecular weight excluding hydrogens is 567 g/mol. The number of anilines is 1. The fourth-order valence-electron chi connectivity index (χ4n) is 5.25. The molecule has 42 heavy (non-hydrogen) atoms. The van der Waals surface area contributed by atoms with Crippen LogP contribution in [0.4, 0.5) is 11.4 Å². The zero-order chi connectivity index (χ0) is 29.2. The van der Waals surface area contributed by atoms with Gasteiger partial charge in [0.1, 0.15) is 11.8 Å². The average molecular weight is 594 g/mol. The Morgan fingerprint density at radius 2 is 1.57 bits per heavy atom. The predicted octanol–water partition coefficient (Wildman–Crippen LogP) is 7.43. The fraction of sp³-hybridized carbons (Fsp3) is 0.125. The molecule has 1 fully saturated rings. The monoisotopic (exact) mass is 593 g/mol.